The third-order valence-electron chi connectivity index (χ3n) is 16.7. The maximum atomic E-state index is 2.42. The first-order valence-corrected chi connectivity index (χ1v) is 24.1. The number of hydrogen-bond acceptors (Lipinski definition) is 0. The van der Waals surface area contributed by atoms with Gasteiger partial charge in [0.25, 0.3) is 0 Å². The third-order valence-corrected chi connectivity index (χ3v) is 16.7. The van der Waals surface area contributed by atoms with Gasteiger partial charge in [0, 0.05) is 0 Å². The van der Waals surface area contributed by atoms with E-state index in [4.69, 9.17) is 0 Å². The van der Waals surface area contributed by atoms with E-state index in [1.807, 2.05) is 0 Å². The average Bonchev–Trinajstić information content (AvgIpc) is 3.34. The van der Waals surface area contributed by atoms with Crippen molar-refractivity contribution in [3.8, 4) is 55.6 Å². The maximum absolute atomic E-state index is 2.42. The predicted molar refractivity (Wildman–Crippen MR) is 331 cm³/mol. The molecule has 302 valence electrons. The zero-order valence-electron chi connectivity index (χ0n) is 40.8. The van der Waals surface area contributed by atoms with Crippen LogP contribution < -0.4 is 60.1 Å². The molecule has 12 aromatic rings. The van der Waals surface area contributed by atoms with Crippen LogP contribution in [0.25, 0.3) is 120 Å². The second kappa shape index (κ2) is 15.2. The molecule has 0 aromatic heterocycles. The van der Waals surface area contributed by atoms with Crippen molar-refractivity contribution in [3.05, 3.63) is 140 Å². The molecule has 0 aliphatic carbocycles. The lowest BCUT2D eigenvalue weighted by molar-refractivity contribution is 1.67. The molecule has 0 saturated heterocycles. The summed E-state index contributed by atoms with van der Waals surface area (Å²) in [5.74, 6) is 0. The normalized spacial score (nSPS) is 11.9. The fraction of sp³-hybridized carbons (Fsp3) is 0. The Morgan fingerprint density at radius 1 is 0.194 bits per heavy atom. The lowest BCUT2D eigenvalue weighted by Crippen LogP contribution is -2.49. The Kier molecular flexibility index (Phi) is 9.51. The van der Waals surface area contributed by atoms with Crippen molar-refractivity contribution in [2.75, 3.05) is 0 Å². The molecule has 0 aliphatic rings. The highest BCUT2D eigenvalue weighted by Crippen LogP contribution is 2.41. The molecular formula is C56H45B11. The first-order chi connectivity index (χ1) is 32.4. The molecule has 11 heteroatoms. The molecule has 67 heavy (non-hydrogen) atoms. The highest BCUT2D eigenvalue weighted by atomic mass is 14.3. The lowest BCUT2D eigenvalue weighted by atomic mass is 9.56. The molecule has 0 amide bonds. The molecule has 0 N–H and O–H groups in total. The van der Waals surface area contributed by atoms with Crippen molar-refractivity contribution in [1.29, 1.82) is 0 Å². The van der Waals surface area contributed by atoms with Crippen molar-refractivity contribution >= 4 is 211 Å². The molecule has 0 nitrogen and oxygen atoms in total. The molecule has 0 aliphatic heterocycles. The van der Waals surface area contributed by atoms with Gasteiger partial charge in [0.1, 0.15) is 86.3 Å². The van der Waals surface area contributed by atoms with E-state index in [2.05, 4.69) is 226 Å². The van der Waals surface area contributed by atoms with Gasteiger partial charge in [-0.05, 0) is 120 Å². The van der Waals surface area contributed by atoms with Gasteiger partial charge in [-0.15, -0.1) is 10.9 Å². The summed E-state index contributed by atoms with van der Waals surface area (Å²) in [7, 11) is 26.2. The molecule has 0 unspecified atom stereocenters. The topological polar surface area (TPSA) is 0 Å². The number of rotatable bonds is 5. The van der Waals surface area contributed by atoms with E-state index in [0.29, 0.717) is 0 Å². The summed E-state index contributed by atoms with van der Waals surface area (Å²) in [6.45, 7) is 0. The third kappa shape index (κ3) is 5.83. The molecule has 12 aromatic carbocycles. The van der Waals surface area contributed by atoms with E-state index in [1.165, 1.54) is 180 Å². The molecule has 12 rings (SSSR count). The van der Waals surface area contributed by atoms with Crippen LogP contribution >= 0.6 is 0 Å². The quantitative estimate of drug-likeness (QED) is 0.126. The standard InChI is InChI=1S/C56H45B11/c57-46-39(24-6-2-1-3-7-24)47(58)43(45-49(60)41(52(63)56(67)54(45)65)34-23-19-30-15-13-26-9-5-11-28-17-21-32(34)38(30)36(26)28)50(61)42(46)44-48(59)40(51(62)55(66)53(44)64)33-22-18-29-14-12-25-8-4-10-27-16-20-31(33)37(29)35(25)27/h1-23H,57-67H2. The molecule has 0 heterocycles. The number of hydrogen-bond donors (Lipinski definition) is 0. The predicted octanol–water partition coefficient (Wildman–Crippen LogP) is -3.34. The minimum atomic E-state index is 1.26. The van der Waals surface area contributed by atoms with Gasteiger partial charge in [-0.25, -0.2) is 0 Å². The monoisotopic (exact) mass is 838 g/mol. The summed E-state index contributed by atoms with van der Waals surface area (Å²) in [4.78, 5) is 0. The van der Waals surface area contributed by atoms with Crippen molar-refractivity contribution < 1.29 is 0 Å². The van der Waals surface area contributed by atoms with E-state index in [-0.39, 0.29) is 0 Å². The minimum Gasteiger partial charge on any atom is -0.100 e. The van der Waals surface area contributed by atoms with Crippen LogP contribution in [-0.2, 0) is 0 Å². The first kappa shape index (κ1) is 41.8. The van der Waals surface area contributed by atoms with Gasteiger partial charge >= 0.3 is 0 Å². The summed E-state index contributed by atoms with van der Waals surface area (Å²) in [6.07, 6.45) is 0. The molecule has 0 radical (unpaired) electrons. The van der Waals surface area contributed by atoms with Crippen LogP contribution in [0.5, 0.6) is 0 Å². The molecule has 0 fully saturated rings. The second-order valence-corrected chi connectivity index (χ2v) is 19.8. The van der Waals surface area contributed by atoms with Crippen molar-refractivity contribution in [2.24, 2.45) is 0 Å². The average molecular weight is 837 g/mol. The molecule has 0 bridgehead atoms. The van der Waals surface area contributed by atoms with E-state index < -0.39 is 0 Å². The Hall–Kier alpha value is -6.57. The van der Waals surface area contributed by atoms with Gasteiger partial charge in [-0.1, -0.05) is 189 Å². The van der Waals surface area contributed by atoms with Crippen LogP contribution in [-0.4, -0.2) is 86.3 Å². The molecule has 0 spiro atoms. The van der Waals surface area contributed by atoms with Crippen molar-refractivity contribution in [3.63, 3.8) is 0 Å². The summed E-state index contributed by atoms with van der Waals surface area (Å²) in [5, 5.41) is 15.9. The Balaban J connectivity index is 1.17. The smallest absolute Gasteiger partial charge is 0.100 e. The van der Waals surface area contributed by atoms with Gasteiger partial charge in [-0.3, -0.25) is 0 Å². The van der Waals surface area contributed by atoms with Crippen LogP contribution in [0.2, 0.25) is 0 Å². The Labute approximate surface area is 403 Å². The number of benzene rings is 12. The van der Waals surface area contributed by atoms with Gasteiger partial charge in [0.15, 0.2) is 0 Å². The fourth-order valence-electron chi connectivity index (χ4n) is 13.2. The van der Waals surface area contributed by atoms with Crippen LogP contribution in [0.4, 0.5) is 0 Å². The van der Waals surface area contributed by atoms with Crippen LogP contribution in [0.3, 0.4) is 0 Å². The van der Waals surface area contributed by atoms with Crippen molar-refractivity contribution in [1.82, 2.24) is 0 Å². The van der Waals surface area contributed by atoms with E-state index in [0.717, 1.165) is 0 Å². The van der Waals surface area contributed by atoms with E-state index in [9.17, 15) is 0 Å². The zero-order valence-corrected chi connectivity index (χ0v) is 40.8. The van der Waals surface area contributed by atoms with Crippen LogP contribution in [0.15, 0.2) is 140 Å². The highest BCUT2D eigenvalue weighted by Gasteiger charge is 2.28. The van der Waals surface area contributed by atoms with Gasteiger partial charge in [0.05, 0.1) is 0 Å². The minimum absolute atomic E-state index is 1.26. The largest absolute Gasteiger partial charge is 0.140 e. The summed E-state index contributed by atoms with van der Waals surface area (Å²) < 4.78 is 0. The van der Waals surface area contributed by atoms with Gasteiger partial charge in [0.2, 0.25) is 0 Å². The summed E-state index contributed by atoms with van der Waals surface area (Å²) >= 11 is 0. The van der Waals surface area contributed by atoms with Gasteiger partial charge < -0.3 is 0 Å². The second-order valence-electron chi connectivity index (χ2n) is 19.8. The van der Waals surface area contributed by atoms with Crippen molar-refractivity contribution in [2.45, 2.75) is 0 Å². The SMILES string of the molecule is Bc1c(B)c(-c2c(B)c(-c3ccccc3)c(B)c(-c3c(B)c(B)c(B)c(-c4ccc5ccc6cccc7ccc4c5c67)c3B)c2B)c(B)c(-c2ccc3ccc4cccc5ccc2c3c45)c1B. The highest BCUT2D eigenvalue weighted by molar-refractivity contribution is 6.68. The Bertz CT molecular complexity index is 3830. The zero-order chi connectivity index (χ0) is 46.3. The Morgan fingerprint density at radius 3 is 0.896 bits per heavy atom. The Morgan fingerprint density at radius 2 is 0.493 bits per heavy atom. The first-order valence-electron chi connectivity index (χ1n) is 24.1. The lowest BCUT2D eigenvalue weighted by Gasteiger charge is -2.31. The van der Waals surface area contributed by atoms with E-state index >= 15 is 0 Å². The summed E-state index contributed by atoms with van der Waals surface area (Å²) in [5.41, 5.74) is 28.3. The summed E-state index contributed by atoms with van der Waals surface area (Å²) in [6, 6.07) is 52.7. The van der Waals surface area contributed by atoms with Crippen LogP contribution in [0, 0.1) is 0 Å². The molecular weight excluding hydrogens is 792 g/mol. The maximum Gasteiger partial charge on any atom is 0.140 e. The molecule has 0 saturated carbocycles. The van der Waals surface area contributed by atoms with Gasteiger partial charge in [-0.2, -0.15) is 0 Å². The van der Waals surface area contributed by atoms with Crippen LogP contribution in [0.1, 0.15) is 0 Å². The van der Waals surface area contributed by atoms with E-state index in [1.54, 1.807) is 0 Å². The fourth-order valence-corrected chi connectivity index (χ4v) is 13.2. The molecule has 0 atom stereocenters.